The summed E-state index contributed by atoms with van der Waals surface area (Å²) in [5.41, 5.74) is 6.98. The predicted molar refractivity (Wildman–Crippen MR) is 70.2 cm³/mol. The molecule has 1 fully saturated rings. The summed E-state index contributed by atoms with van der Waals surface area (Å²) >= 11 is 3.33. The smallest absolute Gasteiger partial charge is 0.172 e. The number of ether oxygens (including phenoxy) is 1. The third kappa shape index (κ3) is 2.91. The lowest BCUT2D eigenvalue weighted by Gasteiger charge is -2.16. The second-order valence-corrected chi connectivity index (χ2v) is 5.27. The second kappa shape index (κ2) is 5.25. The Balaban J connectivity index is 2.13. The van der Waals surface area contributed by atoms with Crippen molar-refractivity contribution >= 4 is 15.9 Å². The molecule has 1 unspecified atom stereocenters. The molecule has 1 atom stereocenters. The van der Waals surface area contributed by atoms with Crippen LogP contribution in [0.15, 0.2) is 16.6 Å². The van der Waals surface area contributed by atoms with Crippen molar-refractivity contribution in [3.63, 3.8) is 0 Å². The highest BCUT2D eigenvalue weighted by molar-refractivity contribution is 9.10. The summed E-state index contributed by atoms with van der Waals surface area (Å²) in [6.45, 7) is 2.80. The quantitative estimate of drug-likeness (QED) is 0.892. The van der Waals surface area contributed by atoms with Crippen molar-refractivity contribution in [2.45, 2.75) is 19.0 Å². The van der Waals surface area contributed by atoms with Crippen LogP contribution < -0.4 is 10.5 Å². The second-order valence-electron chi connectivity index (χ2n) is 4.41. The number of hydrogen-bond acceptors (Lipinski definition) is 4. The maximum absolute atomic E-state index is 9.72. The molecule has 1 aliphatic rings. The van der Waals surface area contributed by atoms with Crippen LogP contribution in [0.1, 0.15) is 12.0 Å². The largest absolute Gasteiger partial charge is 0.503 e. The van der Waals surface area contributed by atoms with Crippen molar-refractivity contribution < 1.29 is 9.84 Å². The molecule has 2 rings (SSSR count). The van der Waals surface area contributed by atoms with E-state index >= 15 is 0 Å². The van der Waals surface area contributed by atoms with E-state index in [1.54, 1.807) is 7.11 Å². The van der Waals surface area contributed by atoms with Gasteiger partial charge >= 0.3 is 0 Å². The fourth-order valence-corrected chi connectivity index (χ4v) is 2.63. The summed E-state index contributed by atoms with van der Waals surface area (Å²) in [6, 6.07) is 4.07. The number of nitrogens with two attached hydrogens (primary N) is 1. The molecule has 5 heteroatoms. The number of phenolic OH excluding ortho intramolecular Hbond substituents is 1. The van der Waals surface area contributed by atoms with Gasteiger partial charge in [-0.25, -0.2) is 0 Å². The number of phenols is 1. The molecule has 0 amide bonds. The van der Waals surface area contributed by atoms with Crippen LogP contribution in [0.25, 0.3) is 0 Å². The molecule has 1 heterocycles. The number of rotatable bonds is 3. The van der Waals surface area contributed by atoms with Gasteiger partial charge in [0.15, 0.2) is 11.5 Å². The molecular weight excluding hydrogens is 284 g/mol. The van der Waals surface area contributed by atoms with Crippen LogP contribution in [0.4, 0.5) is 0 Å². The molecule has 3 N–H and O–H groups in total. The SMILES string of the molecule is COc1cc(CN2CCC(N)C2)cc(Br)c1O. The van der Waals surface area contributed by atoms with Gasteiger partial charge in [0, 0.05) is 25.7 Å². The number of nitrogens with zero attached hydrogens (tertiary/aromatic N) is 1. The van der Waals surface area contributed by atoms with Gasteiger partial charge in [-0.1, -0.05) is 0 Å². The van der Waals surface area contributed by atoms with Crippen molar-refractivity contribution in [2.24, 2.45) is 5.73 Å². The summed E-state index contributed by atoms with van der Waals surface area (Å²) < 4.78 is 5.79. The molecule has 0 bridgehead atoms. The maximum Gasteiger partial charge on any atom is 0.172 e. The number of aromatic hydroxyl groups is 1. The van der Waals surface area contributed by atoms with Gasteiger partial charge in [-0.3, -0.25) is 4.90 Å². The fraction of sp³-hybridized carbons (Fsp3) is 0.500. The molecule has 1 aromatic carbocycles. The van der Waals surface area contributed by atoms with Crippen LogP contribution >= 0.6 is 15.9 Å². The molecule has 0 saturated carbocycles. The van der Waals surface area contributed by atoms with Crippen molar-refractivity contribution in [3.05, 3.63) is 22.2 Å². The molecule has 0 radical (unpaired) electrons. The molecule has 4 nitrogen and oxygen atoms in total. The Morgan fingerprint density at radius 3 is 2.94 bits per heavy atom. The zero-order valence-electron chi connectivity index (χ0n) is 9.82. The third-order valence-electron chi connectivity index (χ3n) is 3.02. The van der Waals surface area contributed by atoms with E-state index in [4.69, 9.17) is 10.5 Å². The minimum atomic E-state index is 0.148. The number of hydrogen-bond donors (Lipinski definition) is 2. The summed E-state index contributed by atoms with van der Waals surface area (Å²) in [7, 11) is 1.55. The molecular formula is C12H17BrN2O2. The Morgan fingerprint density at radius 2 is 2.35 bits per heavy atom. The highest BCUT2D eigenvalue weighted by Gasteiger charge is 2.19. The van der Waals surface area contributed by atoms with Crippen LogP contribution in [0, 0.1) is 0 Å². The number of likely N-dealkylation sites (tertiary alicyclic amines) is 1. The van der Waals surface area contributed by atoms with Crippen molar-refractivity contribution in [1.82, 2.24) is 4.90 Å². The van der Waals surface area contributed by atoms with Crippen molar-refractivity contribution in [3.8, 4) is 11.5 Å². The topological polar surface area (TPSA) is 58.7 Å². The molecule has 94 valence electrons. The van der Waals surface area contributed by atoms with Crippen LogP contribution in [0.2, 0.25) is 0 Å². The number of benzene rings is 1. The van der Waals surface area contributed by atoms with E-state index in [9.17, 15) is 5.11 Å². The predicted octanol–water partition coefficient (Wildman–Crippen LogP) is 1.70. The zero-order valence-corrected chi connectivity index (χ0v) is 11.4. The number of halogens is 1. The summed E-state index contributed by atoms with van der Waals surface area (Å²) in [5, 5.41) is 9.72. The van der Waals surface area contributed by atoms with E-state index in [1.165, 1.54) is 0 Å². The van der Waals surface area contributed by atoms with E-state index in [2.05, 4.69) is 20.8 Å². The Morgan fingerprint density at radius 1 is 1.59 bits per heavy atom. The Kier molecular flexibility index (Phi) is 3.91. The molecule has 17 heavy (non-hydrogen) atoms. The molecule has 1 saturated heterocycles. The van der Waals surface area contributed by atoms with Gasteiger partial charge in [0.1, 0.15) is 0 Å². The monoisotopic (exact) mass is 300 g/mol. The van der Waals surface area contributed by atoms with Crippen molar-refractivity contribution in [1.29, 1.82) is 0 Å². The van der Waals surface area contributed by atoms with E-state index in [0.29, 0.717) is 10.2 Å². The first-order valence-electron chi connectivity index (χ1n) is 5.63. The standard InChI is InChI=1S/C12H17BrN2O2/c1-17-11-5-8(4-10(13)12(11)16)6-15-3-2-9(14)7-15/h4-5,9,16H,2-3,6-7,14H2,1H3. The Labute approximate surface area is 109 Å². The van der Waals surface area contributed by atoms with Gasteiger partial charge in [-0.15, -0.1) is 0 Å². The van der Waals surface area contributed by atoms with Crippen molar-refractivity contribution in [2.75, 3.05) is 20.2 Å². The minimum Gasteiger partial charge on any atom is -0.503 e. The Bertz CT molecular complexity index is 412. The highest BCUT2D eigenvalue weighted by atomic mass is 79.9. The molecule has 1 aliphatic heterocycles. The first-order valence-corrected chi connectivity index (χ1v) is 6.42. The maximum atomic E-state index is 9.72. The number of methoxy groups -OCH3 is 1. The van der Waals surface area contributed by atoms with Gasteiger partial charge in [0.25, 0.3) is 0 Å². The lowest BCUT2D eigenvalue weighted by Crippen LogP contribution is -2.26. The summed E-state index contributed by atoms with van der Waals surface area (Å²) in [5.74, 6) is 0.646. The highest BCUT2D eigenvalue weighted by Crippen LogP contribution is 2.35. The van der Waals surface area contributed by atoms with Gasteiger partial charge in [-0.05, 0) is 40.0 Å². The van der Waals surface area contributed by atoms with Gasteiger partial charge in [0.05, 0.1) is 11.6 Å². The van der Waals surface area contributed by atoms with Gasteiger partial charge in [-0.2, -0.15) is 0 Å². The van der Waals surface area contributed by atoms with Gasteiger partial charge in [0.2, 0.25) is 0 Å². The summed E-state index contributed by atoms with van der Waals surface area (Å²) in [6.07, 6.45) is 1.05. The van der Waals surface area contributed by atoms with Gasteiger partial charge < -0.3 is 15.6 Å². The minimum absolute atomic E-state index is 0.148. The van der Waals surface area contributed by atoms with E-state index < -0.39 is 0 Å². The van der Waals surface area contributed by atoms with E-state index in [1.807, 2.05) is 12.1 Å². The van der Waals surface area contributed by atoms with Crippen LogP contribution in [-0.4, -0.2) is 36.2 Å². The molecule has 0 aliphatic carbocycles. The first-order chi connectivity index (χ1) is 8.10. The first kappa shape index (κ1) is 12.7. The average Bonchev–Trinajstić information content (AvgIpc) is 2.69. The fourth-order valence-electron chi connectivity index (χ4n) is 2.14. The third-order valence-corrected chi connectivity index (χ3v) is 3.63. The van der Waals surface area contributed by atoms with Crippen LogP contribution in [0.5, 0.6) is 11.5 Å². The van der Waals surface area contributed by atoms with Crippen LogP contribution in [-0.2, 0) is 6.54 Å². The molecule has 0 aromatic heterocycles. The van der Waals surface area contributed by atoms with E-state index in [0.717, 1.165) is 31.6 Å². The molecule has 0 spiro atoms. The Hall–Kier alpha value is -0.780. The lowest BCUT2D eigenvalue weighted by molar-refractivity contribution is 0.324. The normalized spacial score (nSPS) is 20.8. The summed E-state index contributed by atoms with van der Waals surface area (Å²) in [4.78, 5) is 2.31. The average molecular weight is 301 g/mol. The zero-order chi connectivity index (χ0) is 12.4. The molecule has 1 aromatic rings. The lowest BCUT2D eigenvalue weighted by atomic mass is 10.2. The van der Waals surface area contributed by atoms with E-state index in [-0.39, 0.29) is 11.8 Å². The van der Waals surface area contributed by atoms with Crippen LogP contribution in [0.3, 0.4) is 0 Å².